The first-order chi connectivity index (χ1) is 14.6. The molecule has 0 atom stereocenters. The van der Waals surface area contributed by atoms with Crippen LogP contribution in [-0.2, 0) is 17.6 Å². The van der Waals surface area contributed by atoms with Crippen molar-refractivity contribution in [1.82, 2.24) is 4.98 Å². The Morgan fingerprint density at radius 3 is 2.50 bits per heavy atom. The Morgan fingerprint density at radius 1 is 1.07 bits per heavy atom. The number of fused-ring (bicyclic) bond motifs is 3. The summed E-state index contributed by atoms with van der Waals surface area (Å²) in [5, 5.41) is 3.48. The minimum Gasteiger partial charge on any atom is -0.493 e. The SMILES string of the molecule is COc1cc(C=CC(=O)Nc2nc3c(s2)CCc2ccccc2-3)cc(OC)c1OC. The first-order valence-corrected chi connectivity index (χ1v) is 10.3. The Morgan fingerprint density at radius 2 is 1.80 bits per heavy atom. The molecule has 1 aliphatic carbocycles. The van der Waals surface area contributed by atoms with Crippen LogP contribution >= 0.6 is 11.3 Å². The number of rotatable bonds is 6. The molecule has 1 aromatic heterocycles. The molecule has 154 valence electrons. The fourth-order valence-corrected chi connectivity index (χ4v) is 4.50. The highest BCUT2D eigenvalue weighted by Gasteiger charge is 2.21. The summed E-state index contributed by atoms with van der Waals surface area (Å²) < 4.78 is 16.0. The molecule has 3 aromatic rings. The van der Waals surface area contributed by atoms with E-state index >= 15 is 0 Å². The second-order valence-electron chi connectivity index (χ2n) is 6.73. The molecule has 0 spiro atoms. The van der Waals surface area contributed by atoms with E-state index < -0.39 is 0 Å². The molecule has 0 radical (unpaired) electrons. The van der Waals surface area contributed by atoms with Crippen LogP contribution in [0, 0.1) is 0 Å². The van der Waals surface area contributed by atoms with E-state index in [9.17, 15) is 4.79 Å². The summed E-state index contributed by atoms with van der Waals surface area (Å²) in [6, 6.07) is 11.9. The first kappa shape index (κ1) is 20.0. The quantitative estimate of drug-likeness (QED) is 0.589. The van der Waals surface area contributed by atoms with Gasteiger partial charge in [0.15, 0.2) is 16.6 Å². The molecule has 4 rings (SSSR count). The molecule has 30 heavy (non-hydrogen) atoms. The van der Waals surface area contributed by atoms with Crippen LogP contribution in [0.25, 0.3) is 17.3 Å². The van der Waals surface area contributed by atoms with Crippen LogP contribution in [-0.4, -0.2) is 32.2 Å². The number of aromatic nitrogens is 1. The number of nitrogens with one attached hydrogen (secondary N) is 1. The van der Waals surface area contributed by atoms with E-state index in [1.54, 1.807) is 39.5 Å². The third-order valence-corrected chi connectivity index (χ3v) is 5.97. The van der Waals surface area contributed by atoms with Crippen molar-refractivity contribution in [3.8, 4) is 28.5 Å². The zero-order chi connectivity index (χ0) is 21.1. The molecule has 2 aromatic carbocycles. The third-order valence-electron chi connectivity index (χ3n) is 4.94. The summed E-state index contributed by atoms with van der Waals surface area (Å²) in [5.41, 5.74) is 4.19. The number of anilines is 1. The van der Waals surface area contributed by atoms with Crippen molar-refractivity contribution in [2.45, 2.75) is 12.8 Å². The number of hydrogen-bond acceptors (Lipinski definition) is 6. The monoisotopic (exact) mass is 422 g/mol. The van der Waals surface area contributed by atoms with Gasteiger partial charge in [-0.15, -0.1) is 11.3 Å². The molecule has 7 heteroatoms. The Hall–Kier alpha value is -3.32. The molecular weight excluding hydrogens is 400 g/mol. The molecule has 1 aliphatic rings. The van der Waals surface area contributed by atoms with E-state index in [0.717, 1.165) is 29.7 Å². The number of amides is 1. The zero-order valence-electron chi connectivity index (χ0n) is 17.0. The van der Waals surface area contributed by atoms with E-state index in [-0.39, 0.29) is 5.91 Å². The van der Waals surface area contributed by atoms with Gasteiger partial charge in [-0.05, 0) is 42.2 Å². The van der Waals surface area contributed by atoms with Gasteiger partial charge in [-0.1, -0.05) is 24.3 Å². The molecular formula is C23H22N2O4S. The summed E-state index contributed by atoms with van der Waals surface area (Å²) in [7, 11) is 4.66. The summed E-state index contributed by atoms with van der Waals surface area (Å²) >= 11 is 1.53. The maximum absolute atomic E-state index is 12.5. The van der Waals surface area contributed by atoms with Crippen LogP contribution in [0.5, 0.6) is 17.2 Å². The molecule has 1 N–H and O–H groups in total. The Kier molecular flexibility index (Phi) is 5.72. The number of hydrogen-bond donors (Lipinski definition) is 1. The van der Waals surface area contributed by atoms with Gasteiger partial charge < -0.3 is 14.2 Å². The van der Waals surface area contributed by atoms with Crippen LogP contribution in [0.3, 0.4) is 0 Å². The predicted molar refractivity (Wildman–Crippen MR) is 119 cm³/mol. The van der Waals surface area contributed by atoms with Gasteiger partial charge in [0.25, 0.3) is 0 Å². The van der Waals surface area contributed by atoms with Gasteiger partial charge in [0.05, 0.1) is 27.0 Å². The second kappa shape index (κ2) is 8.59. The Bertz CT molecular complexity index is 1100. The van der Waals surface area contributed by atoms with Gasteiger partial charge in [0, 0.05) is 16.5 Å². The molecule has 0 bridgehead atoms. The number of carbonyl (C=O) groups excluding carboxylic acids is 1. The minimum atomic E-state index is -0.247. The lowest BCUT2D eigenvalue weighted by Gasteiger charge is -2.13. The normalized spacial score (nSPS) is 12.2. The van der Waals surface area contributed by atoms with Crippen molar-refractivity contribution in [2.24, 2.45) is 0 Å². The standard InChI is InChI=1S/C23H22N2O4S/c1-27-17-12-14(13-18(28-2)22(17)29-3)8-11-20(26)24-23-25-21-16-7-5-4-6-15(16)9-10-19(21)30-23/h4-8,11-13H,9-10H2,1-3H3,(H,24,25,26). The van der Waals surface area contributed by atoms with Crippen molar-refractivity contribution in [3.63, 3.8) is 0 Å². The van der Waals surface area contributed by atoms with E-state index in [2.05, 4.69) is 22.4 Å². The molecule has 1 amide bonds. The Labute approximate surface area is 179 Å². The average molecular weight is 423 g/mol. The highest BCUT2D eigenvalue weighted by atomic mass is 32.1. The topological polar surface area (TPSA) is 69.7 Å². The van der Waals surface area contributed by atoms with Crippen LogP contribution in [0.4, 0.5) is 5.13 Å². The lowest BCUT2D eigenvalue weighted by atomic mass is 9.94. The zero-order valence-corrected chi connectivity index (χ0v) is 17.8. The van der Waals surface area contributed by atoms with Gasteiger partial charge in [-0.2, -0.15) is 0 Å². The number of nitrogens with zero attached hydrogens (tertiary/aromatic N) is 1. The highest BCUT2D eigenvalue weighted by molar-refractivity contribution is 7.16. The van der Waals surface area contributed by atoms with Gasteiger partial charge in [-0.3, -0.25) is 10.1 Å². The molecule has 0 saturated heterocycles. The molecule has 0 unspecified atom stereocenters. The van der Waals surface area contributed by atoms with E-state index in [0.29, 0.717) is 22.4 Å². The van der Waals surface area contributed by atoms with Gasteiger partial charge in [-0.25, -0.2) is 4.98 Å². The summed E-state index contributed by atoms with van der Waals surface area (Å²) in [4.78, 5) is 18.3. The van der Waals surface area contributed by atoms with Crippen molar-refractivity contribution >= 4 is 28.5 Å². The number of benzene rings is 2. The highest BCUT2D eigenvalue weighted by Crippen LogP contribution is 2.39. The molecule has 1 heterocycles. The van der Waals surface area contributed by atoms with Crippen molar-refractivity contribution in [3.05, 3.63) is 58.5 Å². The van der Waals surface area contributed by atoms with Gasteiger partial charge >= 0.3 is 0 Å². The average Bonchev–Trinajstić information content (AvgIpc) is 3.19. The lowest BCUT2D eigenvalue weighted by molar-refractivity contribution is -0.111. The number of thiazole rings is 1. The van der Waals surface area contributed by atoms with Crippen molar-refractivity contribution < 1.29 is 19.0 Å². The first-order valence-electron chi connectivity index (χ1n) is 9.50. The van der Waals surface area contributed by atoms with E-state index in [1.807, 2.05) is 12.1 Å². The largest absolute Gasteiger partial charge is 0.493 e. The number of carbonyl (C=O) groups is 1. The molecule has 6 nitrogen and oxygen atoms in total. The van der Waals surface area contributed by atoms with Gasteiger partial charge in [0.1, 0.15) is 0 Å². The van der Waals surface area contributed by atoms with E-state index in [1.165, 1.54) is 27.9 Å². The smallest absolute Gasteiger partial charge is 0.250 e. The minimum absolute atomic E-state index is 0.247. The molecule has 0 saturated carbocycles. The lowest BCUT2D eigenvalue weighted by Crippen LogP contribution is -2.07. The summed E-state index contributed by atoms with van der Waals surface area (Å²) in [6.45, 7) is 0. The van der Waals surface area contributed by atoms with Crippen molar-refractivity contribution in [1.29, 1.82) is 0 Å². The van der Waals surface area contributed by atoms with Crippen LogP contribution in [0.1, 0.15) is 16.0 Å². The number of ether oxygens (including phenoxy) is 3. The predicted octanol–water partition coefficient (Wildman–Crippen LogP) is 4.59. The fraction of sp³-hybridized carbons (Fsp3) is 0.217. The second-order valence-corrected chi connectivity index (χ2v) is 7.81. The van der Waals surface area contributed by atoms with Crippen molar-refractivity contribution in [2.75, 3.05) is 26.6 Å². The maximum atomic E-state index is 12.5. The van der Waals surface area contributed by atoms with E-state index in [4.69, 9.17) is 14.2 Å². The number of methoxy groups -OCH3 is 3. The maximum Gasteiger partial charge on any atom is 0.250 e. The number of aryl methyl sites for hydroxylation is 2. The van der Waals surface area contributed by atoms with Crippen LogP contribution in [0.2, 0.25) is 0 Å². The van der Waals surface area contributed by atoms with Crippen LogP contribution < -0.4 is 19.5 Å². The fourth-order valence-electron chi connectivity index (χ4n) is 3.52. The Balaban J connectivity index is 1.51. The van der Waals surface area contributed by atoms with Crippen LogP contribution in [0.15, 0.2) is 42.5 Å². The third kappa shape index (κ3) is 3.89. The van der Waals surface area contributed by atoms with Gasteiger partial charge in [0.2, 0.25) is 11.7 Å². The molecule has 0 aliphatic heterocycles. The summed E-state index contributed by atoms with van der Waals surface area (Å²) in [6.07, 6.45) is 5.11. The summed E-state index contributed by atoms with van der Waals surface area (Å²) in [5.74, 6) is 1.32. The molecule has 0 fully saturated rings.